The van der Waals surface area contributed by atoms with Crippen LogP contribution in [0.1, 0.15) is 36.8 Å². The van der Waals surface area contributed by atoms with Gasteiger partial charge in [0.15, 0.2) is 5.15 Å². The quantitative estimate of drug-likeness (QED) is 0.361. The largest absolute Gasteiger partial charge is 0.390 e. The number of imidazole rings is 2. The second-order valence-electron chi connectivity index (χ2n) is 7.82. The van der Waals surface area contributed by atoms with Crippen LogP contribution < -0.4 is 0 Å². The van der Waals surface area contributed by atoms with Gasteiger partial charge >= 0.3 is 0 Å². The van der Waals surface area contributed by atoms with Gasteiger partial charge in [-0.05, 0) is 23.3 Å². The summed E-state index contributed by atoms with van der Waals surface area (Å²) in [5.41, 5.74) is 5.13. The molecule has 0 aliphatic rings. The molecule has 1 aromatic carbocycles. The van der Waals surface area contributed by atoms with Crippen molar-refractivity contribution in [2.45, 2.75) is 39.3 Å². The van der Waals surface area contributed by atoms with E-state index >= 15 is 0 Å². The number of pyridine rings is 1. The third-order valence-corrected chi connectivity index (χ3v) is 5.95. The van der Waals surface area contributed by atoms with Crippen molar-refractivity contribution in [1.29, 1.82) is 0 Å². The minimum absolute atomic E-state index is 0.151. The molecule has 0 radical (unpaired) electrons. The van der Waals surface area contributed by atoms with Gasteiger partial charge in [-0.25, -0.2) is 9.97 Å². The van der Waals surface area contributed by atoms with Gasteiger partial charge in [0.1, 0.15) is 11.5 Å². The first-order valence-electron chi connectivity index (χ1n) is 10.8. The summed E-state index contributed by atoms with van der Waals surface area (Å²) in [6.07, 6.45) is 6.93. The Morgan fingerprint density at radius 3 is 2.67 bits per heavy atom. The van der Waals surface area contributed by atoms with Crippen molar-refractivity contribution < 1.29 is 5.11 Å². The lowest BCUT2D eigenvalue weighted by Gasteiger charge is -2.11. The van der Waals surface area contributed by atoms with Crippen molar-refractivity contribution in [3.05, 3.63) is 71.0 Å². The Labute approximate surface area is 195 Å². The Morgan fingerprint density at radius 1 is 1.06 bits per heavy atom. The number of tetrazole rings is 1. The molecule has 0 aliphatic carbocycles. The molecule has 0 saturated carbocycles. The van der Waals surface area contributed by atoms with Gasteiger partial charge in [-0.15, -0.1) is 10.2 Å². The van der Waals surface area contributed by atoms with Gasteiger partial charge in [0.25, 0.3) is 0 Å². The zero-order valence-electron chi connectivity index (χ0n) is 18.1. The van der Waals surface area contributed by atoms with Crippen molar-refractivity contribution in [3.63, 3.8) is 0 Å². The molecule has 0 amide bonds. The third-order valence-electron chi connectivity index (χ3n) is 5.65. The summed E-state index contributed by atoms with van der Waals surface area (Å²) in [5, 5.41) is 24.6. The maximum atomic E-state index is 9.84. The minimum atomic E-state index is -0.151. The van der Waals surface area contributed by atoms with Crippen LogP contribution in [0.3, 0.4) is 0 Å². The topological polar surface area (TPSA) is 110 Å². The van der Waals surface area contributed by atoms with E-state index in [1.807, 2.05) is 57.8 Å². The van der Waals surface area contributed by atoms with E-state index in [0.717, 1.165) is 53.1 Å². The molecule has 10 heteroatoms. The highest BCUT2D eigenvalue weighted by Crippen LogP contribution is 2.29. The van der Waals surface area contributed by atoms with Crippen molar-refractivity contribution in [2.75, 3.05) is 0 Å². The first kappa shape index (κ1) is 21.3. The molecule has 5 aromatic rings. The van der Waals surface area contributed by atoms with Crippen LogP contribution in [0.5, 0.6) is 0 Å². The van der Waals surface area contributed by atoms with Crippen LogP contribution in [0.15, 0.2) is 48.8 Å². The number of nitrogens with one attached hydrogen (secondary N) is 1. The number of aromatic amines is 1. The maximum absolute atomic E-state index is 9.84. The Morgan fingerprint density at radius 2 is 1.91 bits per heavy atom. The molecule has 2 N–H and O–H groups in total. The van der Waals surface area contributed by atoms with E-state index in [1.165, 1.54) is 0 Å². The fourth-order valence-corrected chi connectivity index (χ4v) is 4.25. The minimum Gasteiger partial charge on any atom is -0.390 e. The smallest absolute Gasteiger partial charge is 0.205 e. The lowest BCUT2D eigenvalue weighted by Crippen LogP contribution is -2.09. The lowest BCUT2D eigenvalue weighted by molar-refractivity contribution is 0.271. The molecule has 0 unspecified atom stereocenters. The van der Waals surface area contributed by atoms with Gasteiger partial charge in [-0.3, -0.25) is 0 Å². The van der Waals surface area contributed by atoms with Gasteiger partial charge in [0, 0.05) is 29.9 Å². The molecule has 0 spiro atoms. The van der Waals surface area contributed by atoms with E-state index in [4.69, 9.17) is 16.6 Å². The number of hydrogen-bond acceptors (Lipinski definition) is 6. The highest BCUT2D eigenvalue weighted by atomic mass is 35.5. The second kappa shape index (κ2) is 9.13. The Balaban J connectivity index is 1.50. The highest BCUT2D eigenvalue weighted by Gasteiger charge is 2.17. The zero-order chi connectivity index (χ0) is 22.8. The zero-order valence-corrected chi connectivity index (χ0v) is 18.9. The number of aryl methyl sites for hydroxylation is 1. The number of hydrogen-bond donors (Lipinski definition) is 2. The summed E-state index contributed by atoms with van der Waals surface area (Å²) in [6.45, 7) is 2.56. The summed E-state index contributed by atoms with van der Waals surface area (Å²) in [7, 11) is 0. The molecular weight excluding hydrogens is 440 g/mol. The Bertz CT molecular complexity index is 1390. The first-order valence-corrected chi connectivity index (χ1v) is 11.2. The molecular formula is C23H23ClN8O. The average molecular weight is 463 g/mol. The number of fused-ring (bicyclic) bond motifs is 1. The van der Waals surface area contributed by atoms with E-state index < -0.39 is 0 Å². The predicted molar refractivity (Wildman–Crippen MR) is 125 cm³/mol. The monoisotopic (exact) mass is 462 g/mol. The van der Waals surface area contributed by atoms with E-state index in [9.17, 15) is 5.11 Å². The lowest BCUT2D eigenvalue weighted by atomic mass is 10.0. The Hall–Kier alpha value is -3.56. The molecule has 0 atom stereocenters. The van der Waals surface area contributed by atoms with Crippen LogP contribution in [0.25, 0.3) is 28.3 Å². The van der Waals surface area contributed by atoms with Crippen LogP contribution in [0, 0.1) is 0 Å². The fourth-order valence-electron chi connectivity index (χ4n) is 3.99. The van der Waals surface area contributed by atoms with Gasteiger partial charge in [-0.1, -0.05) is 55.3 Å². The molecule has 0 fully saturated rings. The normalized spacial score (nSPS) is 11.5. The summed E-state index contributed by atoms with van der Waals surface area (Å²) < 4.78 is 4.02. The summed E-state index contributed by atoms with van der Waals surface area (Å²) >= 11 is 6.29. The fraction of sp³-hybridized carbons (Fsp3) is 0.261. The number of aliphatic hydroxyl groups excluding tert-OH is 1. The summed E-state index contributed by atoms with van der Waals surface area (Å²) in [4.78, 5) is 9.28. The number of unbranched alkanes of at least 4 members (excludes halogenated alkanes) is 1. The standard InChI is InChI=1S/C23H23ClN8O/c1-2-3-8-21-26-22(24)19(14-33)32(21)12-15-9-10-20-25-18(13-31(20)11-15)16-6-4-5-7-17(16)23-27-29-30-28-23/h4-7,9-11,13,33H,2-3,8,12,14H2,1H3,(H,27,28,29,30). The molecule has 4 heterocycles. The van der Waals surface area contributed by atoms with Crippen LogP contribution in [0.2, 0.25) is 5.15 Å². The average Bonchev–Trinajstić information content (AvgIpc) is 3.57. The summed E-state index contributed by atoms with van der Waals surface area (Å²) in [5.74, 6) is 1.42. The SMILES string of the molecule is CCCCc1nc(Cl)c(CO)n1Cc1ccc2nc(-c3ccccc3-c3nn[nH]n3)cn2c1. The molecule has 168 valence electrons. The van der Waals surface area contributed by atoms with Gasteiger partial charge in [-0.2, -0.15) is 5.21 Å². The molecule has 0 aliphatic heterocycles. The molecule has 4 aromatic heterocycles. The molecule has 9 nitrogen and oxygen atoms in total. The van der Waals surface area contributed by atoms with Crippen molar-refractivity contribution in [3.8, 4) is 22.6 Å². The summed E-state index contributed by atoms with van der Waals surface area (Å²) in [6, 6.07) is 11.9. The van der Waals surface area contributed by atoms with Crippen LogP contribution in [-0.2, 0) is 19.6 Å². The molecule has 5 rings (SSSR count). The van der Waals surface area contributed by atoms with Gasteiger partial charge in [0.05, 0.1) is 24.5 Å². The van der Waals surface area contributed by atoms with Crippen molar-refractivity contribution >= 4 is 17.2 Å². The van der Waals surface area contributed by atoms with Gasteiger partial charge in [0.2, 0.25) is 5.82 Å². The van der Waals surface area contributed by atoms with E-state index in [1.54, 1.807) is 0 Å². The van der Waals surface area contributed by atoms with Crippen molar-refractivity contribution in [2.24, 2.45) is 0 Å². The maximum Gasteiger partial charge on any atom is 0.205 e. The van der Waals surface area contributed by atoms with Crippen LogP contribution in [-0.4, -0.2) is 44.7 Å². The molecule has 0 bridgehead atoms. The molecule has 0 saturated heterocycles. The van der Waals surface area contributed by atoms with Crippen LogP contribution >= 0.6 is 11.6 Å². The second-order valence-corrected chi connectivity index (χ2v) is 8.18. The van der Waals surface area contributed by atoms with E-state index in [0.29, 0.717) is 23.2 Å². The predicted octanol–water partition coefficient (Wildman–Crippen LogP) is 3.91. The number of benzene rings is 1. The number of aliphatic hydroxyl groups is 1. The third kappa shape index (κ3) is 4.12. The number of halogens is 1. The Kier molecular flexibility index (Phi) is 5.89. The van der Waals surface area contributed by atoms with Gasteiger partial charge < -0.3 is 14.1 Å². The highest BCUT2D eigenvalue weighted by molar-refractivity contribution is 6.30. The van der Waals surface area contributed by atoms with Crippen LogP contribution in [0.4, 0.5) is 0 Å². The molecule has 33 heavy (non-hydrogen) atoms. The number of nitrogens with zero attached hydrogens (tertiary/aromatic N) is 7. The number of aromatic nitrogens is 8. The van der Waals surface area contributed by atoms with E-state index in [2.05, 4.69) is 32.5 Å². The van der Waals surface area contributed by atoms with E-state index in [-0.39, 0.29) is 6.61 Å². The number of H-pyrrole nitrogens is 1. The number of rotatable bonds is 8. The first-order chi connectivity index (χ1) is 16.2. The van der Waals surface area contributed by atoms with Crippen molar-refractivity contribution in [1.82, 2.24) is 39.6 Å².